The molecule has 9 nitrogen and oxygen atoms in total. The summed E-state index contributed by atoms with van der Waals surface area (Å²) < 4.78 is 1.65. The van der Waals surface area contributed by atoms with Gasteiger partial charge in [-0.05, 0) is 24.6 Å². The second-order valence-electron chi connectivity index (χ2n) is 5.36. The largest absolute Gasteiger partial charge is 0.481 e. The molecule has 0 amide bonds. The number of aryl methyl sites for hydroxylation is 1. The van der Waals surface area contributed by atoms with Crippen LogP contribution in [0.4, 0.5) is 17.2 Å². The second-order valence-corrected chi connectivity index (χ2v) is 5.36. The molecule has 0 atom stereocenters. The molecule has 2 heterocycles. The third-order valence-corrected chi connectivity index (χ3v) is 3.43. The number of imidazole rings is 1. The van der Waals surface area contributed by atoms with E-state index in [2.05, 4.69) is 15.2 Å². The molecule has 0 aliphatic rings. The van der Waals surface area contributed by atoms with Gasteiger partial charge in [0, 0.05) is 18.3 Å². The number of hydrogen-bond acceptors (Lipinski definition) is 6. The van der Waals surface area contributed by atoms with Crippen molar-refractivity contribution in [1.82, 2.24) is 9.38 Å². The zero-order valence-electron chi connectivity index (χ0n) is 13.2. The van der Waals surface area contributed by atoms with Gasteiger partial charge >= 0.3 is 5.97 Å². The van der Waals surface area contributed by atoms with Gasteiger partial charge in [-0.1, -0.05) is 12.1 Å². The van der Waals surface area contributed by atoms with Crippen LogP contribution in [0.1, 0.15) is 11.3 Å². The van der Waals surface area contributed by atoms with Gasteiger partial charge < -0.3 is 5.11 Å². The number of nitro benzene ring substituents is 1. The summed E-state index contributed by atoms with van der Waals surface area (Å²) in [6.07, 6.45) is 1.47. The molecule has 0 aliphatic heterocycles. The van der Waals surface area contributed by atoms with Crippen LogP contribution in [0.2, 0.25) is 0 Å². The Morgan fingerprint density at radius 3 is 2.84 bits per heavy atom. The number of nitrogens with zero attached hydrogens (tertiary/aromatic N) is 5. The maximum atomic E-state index is 11.1. The lowest BCUT2D eigenvalue weighted by Crippen LogP contribution is -2.00. The molecule has 2 aromatic heterocycles. The average molecular weight is 339 g/mol. The van der Waals surface area contributed by atoms with E-state index in [9.17, 15) is 14.9 Å². The lowest BCUT2D eigenvalue weighted by atomic mass is 10.3. The predicted molar refractivity (Wildman–Crippen MR) is 88.5 cm³/mol. The van der Waals surface area contributed by atoms with E-state index >= 15 is 0 Å². The van der Waals surface area contributed by atoms with Crippen molar-refractivity contribution < 1.29 is 14.8 Å². The van der Waals surface area contributed by atoms with Gasteiger partial charge in [0.15, 0.2) is 5.82 Å². The minimum Gasteiger partial charge on any atom is -0.481 e. The van der Waals surface area contributed by atoms with Gasteiger partial charge in [0.2, 0.25) is 0 Å². The first-order chi connectivity index (χ1) is 11.9. The molecule has 3 rings (SSSR count). The Morgan fingerprint density at radius 2 is 2.12 bits per heavy atom. The van der Waals surface area contributed by atoms with E-state index in [4.69, 9.17) is 5.11 Å². The maximum absolute atomic E-state index is 11.1. The SMILES string of the molecule is Cc1ccc2nc(CC(=O)O)c(N=Nc3cccc([N+](=O)[O-])c3)n2c1. The van der Waals surface area contributed by atoms with Crippen LogP contribution in [0.3, 0.4) is 0 Å². The van der Waals surface area contributed by atoms with Crippen LogP contribution in [0, 0.1) is 17.0 Å². The monoisotopic (exact) mass is 339 g/mol. The van der Waals surface area contributed by atoms with Gasteiger partial charge in [-0.2, -0.15) is 0 Å². The molecule has 9 heteroatoms. The Morgan fingerprint density at radius 1 is 1.32 bits per heavy atom. The van der Waals surface area contributed by atoms with Crippen molar-refractivity contribution in [3.8, 4) is 0 Å². The Bertz CT molecular complexity index is 1010. The third kappa shape index (κ3) is 3.50. The first-order valence-corrected chi connectivity index (χ1v) is 7.29. The van der Waals surface area contributed by atoms with Crippen molar-refractivity contribution in [3.05, 3.63) is 64.0 Å². The molecule has 0 saturated heterocycles. The number of aromatic nitrogens is 2. The molecule has 3 aromatic rings. The molecular formula is C16H13N5O4. The van der Waals surface area contributed by atoms with Crippen molar-refractivity contribution in [2.45, 2.75) is 13.3 Å². The van der Waals surface area contributed by atoms with Crippen molar-refractivity contribution >= 4 is 28.8 Å². The fraction of sp³-hybridized carbons (Fsp3) is 0.125. The number of aliphatic carboxylic acids is 1. The summed E-state index contributed by atoms with van der Waals surface area (Å²) in [6.45, 7) is 1.89. The number of hydrogen-bond donors (Lipinski definition) is 1. The molecule has 1 aromatic carbocycles. The molecule has 0 bridgehead atoms. The van der Waals surface area contributed by atoms with Gasteiger partial charge in [-0.3, -0.25) is 19.3 Å². The van der Waals surface area contributed by atoms with Crippen LogP contribution in [-0.4, -0.2) is 25.4 Å². The smallest absolute Gasteiger partial charge is 0.309 e. The summed E-state index contributed by atoms with van der Waals surface area (Å²) in [5, 5.41) is 28.0. The highest BCUT2D eigenvalue weighted by Crippen LogP contribution is 2.26. The summed E-state index contributed by atoms with van der Waals surface area (Å²) in [5.41, 5.74) is 1.95. The van der Waals surface area contributed by atoms with E-state index in [1.807, 2.05) is 13.0 Å². The summed E-state index contributed by atoms with van der Waals surface area (Å²) >= 11 is 0. The number of benzene rings is 1. The number of nitro groups is 1. The van der Waals surface area contributed by atoms with Crippen molar-refractivity contribution in [3.63, 3.8) is 0 Å². The molecule has 0 fully saturated rings. The molecule has 0 aliphatic carbocycles. The zero-order valence-corrected chi connectivity index (χ0v) is 13.2. The fourth-order valence-corrected chi connectivity index (χ4v) is 2.33. The van der Waals surface area contributed by atoms with Gasteiger partial charge in [0.25, 0.3) is 5.69 Å². The quantitative estimate of drug-likeness (QED) is 0.432. The Kier molecular flexibility index (Phi) is 4.21. The van der Waals surface area contributed by atoms with E-state index in [1.54, 1.807) is 22.7 Å². The summed E-state index contributed by atoms with van der Waals surface area (Å²) in [7, 11) is 0. The van der Waals surface area contributed by atoms with Crippen LogP contribution in [-0.2, 0) is 11.2 Å². The summed E-state index contributed by atoms with van der Waals surface area (Å²) in [4.78, 5) is 25.6. The van der Waals surface area contributed by atoms with Crippen LogP contribution in [0.15, 0.2) is 52.8 Å². The number of pyridine rings is 1. The van der Waals surface area contributed by atoms with Crippen LogP contribution in [0.5, 0.6) is 0 Å². The molecule has 25 heavy (non-hydrogen) atoms. The Hall–Kier alpha value is -3.62. The van der Waals surface area contributed by atoms with Crippen LogP contribution in [0.25, 0.3) is 5.65 Å². The van der Waals surface area contributed by atoms with Crippen LogP contribution >= 0.6 is 0 Å². The number of fused-ring (bicyclic) bond motifs is 1. The molecule has 0 radical (unpaired) electrons. The Balaban J connectivity index is 2.07. The number of carboxylic acid groups (broad SMARTS) is 1. The van der Waals surface area contributed by atoms with Crippen molar-refractivity contribution in [1.29, 1.82) is 0 Å². The van der Waals surface area contributed by atoms with Gasteiger partial charge in [-0.15, -0.1) is 10.2 Å². The van der Waals surface area contributed by atoms with E-state index in [1.165, 1.54) is 18.2 Å². The lowest BCUT2D eigenvalue weighted by molar-refractivity contribution is -0.384. The maximum Gasteiger partial charge on any atom is 0.309 e. The highest BCUT2D eigenvalue weighted by Gasteiger charge is 2.15. The highest BCUT2D eigenvalue weighted by atomic mass is 16.6. The number of carbonyl (C=O) groups is 1. The second kappa shape index (κ2) is 6.48. The first-order valence-electron chi connectivity index (χ1n) is 7.29. The topological polar surface area (TPSA) is 122 Å². The molecule has 126 valence electrons. The van der Waals surface area contributed by atoms with E-state index < -0.39 is 10.9 Å². The van der Waals surface area contributed by atoms with E-state index in [0.29, 0.717) is 5.65 Å². The molecule has 0 unspecified atom stereocenters. The highest BCUT2D eigenvalue weighted by molar-refractivity contribution is 5.72. The minimum absolute atomic E-state index is 0.101. The van der Waals surface area contributed by atoms with E-state index in [-0.39, 0.29) is 29.3 Å². The minimum atomic E-state index is -1.04. The average Bonchev–Trinajstić information content (AvgIpc) is 2.89. The Labute approximate surface area is 141 Å². The third-order valence-electron chi connectivity index (χ3n) is 3.43. The molecule has 0 spiro atoms. The zero-order chi connectivity index (χ0) is 18.0. The van der Waals surface area contributed by atoms with Crippen molar-refractivity contribution in [2.24, 2.45) is 10.2 Å². The number of rotatable bonds is 5. The van der Waals surface area contributed by atoms with E-state index in [0.717, 1.165) is 5.56 Å². The summed E-state index contributed by atoms with van der Waals surface area (Å²) in [6, 6.07) is 9.33. The first kappa shape index (κ1) is 16.2. The van der Waals surface area contributed by atoms with Gasteiger partial charge in [-0.25, -0.2) is 4.98 Å². The summed E-state index contributed by atoms with van der Waals surface area (Å²) in [5.74, 6) is -0.750. The number of carboxylic acids is 1. The molecular weight excluding hydrogens is 326 g/mol. The van der Waals surface area contributed by atoms with Gasteiger partial charge in [0.1, 0.15) is 5.65 Å². The molecule has 1 N–H and O–H groups in total. The lowest BCUT2D eigenvalue weighted by Gasteiger charge is -1.99. The van der Waals surface area contributed by atoms with Gasteiger partial charge in [0.05, 0.1) is 22.7 Å². The standard InChI is InChI=1S/C16H13N5O4/c1-10-5-6-14-17-13(8-15(22)23)16(20(14)9-10)19-18-11-3-2-4-12(7-11)21(24)25/h2-7,9H,8H2,1H3,(H,22,23). The van der Waals surface area contributed by atoms with Crippen LogP contribution < -0.4 is 0 Å². The number of azo groups is 1. The number of non-ortho nitro benzene ring substituents is 1. The normalized spacial score (nSPS) is 11.2. The molecule has 0 saturated carbocycles. The predicted octanol–water partition coefficient (Wildman–Crippen LogP) is 3.59. The fourth-order valence-electron chi connectivity index (χ4n) is 2.33. The van der Waals surface area contributed by atoms with Crippen molar-refractivity contribution in [2.75, 3.05) is 0 Å².